The molecule has 2 heterocycles. The zero-order valence-corrected chi connectivity index (χ0v) is 18.9. The van der Waals surface area contributed by atoms with E-state index in [2.05, 4.69) is 0 Å². The number of halogens is 3. The summed E-state index contributed by atoms with van der Waals surface area (Å²) in [5.74, 6) is -1.06. The van der Waals surface area contributed by atoms with E-state index in [-0.39, 0.29) is 32.0 Å². The Morgan fingerprint density at radius 2 is 1.91 bits per heavy atom. The number of hydrogen-bond acceptors (Lipinski definition) is 6. The molecule has 1 amide bonds. The van der Waals surface area contributed by atoms with Crippen LogP contribution in [-0.2, 0) is 11.0 Å². The number of amides is 1. The zero-order chi connectivity index (χ0) is 24.6. The molecule has 1 fully saturated rings. The van der Waals surface area contributed by atoms with E-state index < -0.39 is 23.6 Å². The molecule has 2 aromatic carbocycles. The Kier molecular flexibility index (Phi) is 6.24. The monoisotopic (exact) mass is 505 g/mol. The quantitative estimate of drug-likeness (QED) is 0.333. The van der Waals surface area contributed by atoms with Gasteiger partial charge in [-0.15, -0.1) is 0 Å². The molecule has 3 aromatic rings. The van der Waals surface area contributed by atoms with Crippen LogP contribution in [0.4, 0.5) is 18.9 Å². The predicted octanol–water partition coefficient (Wildman–Crippen LogP) is 6.08. The highest BCUT2D eigenvalue weighted by atomic mass is 32.2. The maximum Gasteiger partial charge on any atom is 0.416 e. The first-order chi connectivity index (χ1) is 16.1. The Morgan fingerprint density at radius 3 is 2.59 bits per heavy atom. The average Bonchev–Trinajstić information content (AvgIpc) is 3.36. The van der Waals surface area contributed by atoms with Crippen LogP contribution in [-0.4, -0.2) is 28.4 Å². The molecule has 0 aliphatic carbocycles. The molecule has 34 heavy (non-hydrogen) atoms. The molecule has 1 aromatic heterocycles. The van der Waals surface area contributed by atoms with Gasteiger partial charge >= 0.3 is 12.1 Å². The number of carbonyl (C=O) groups is 2. The number of furan rings is 1. The fourth-order valence-electron chi connectivity index (χ4n) is 3.34. The number of thioether (sulfide) groups is 1. The van der Waals surface area contributed by atoms with Crippen molar-refractivity contribution in [2.24, 2.45) is 0 Å². The fourth-order valence-corrected chi connectivity index (χ4v) is 4.61. The summed E-state index contributed by atoms with van der Waals surface area (Å²) >= 11 is 6.16. The number of thiocarbonyl (C=S) groups is 1. The number of para-hydroxylation sites is 1. The average molecular weight is 505 g/mol. The van der Waals surface area contributed by atoms with Crippen LogP contribution in [0, 0.1) is 0 Å². The van der Waals surface area contributed by atoms with Crippen molar-refractivity contribution < 1.29 is 37.0 Å². The molecule has 0 bridgehead atoms. The van der Waals surface area contributed by atoms with E-state index in [1.165, 1.54) is 31.4 Å². The van der Waals surface area contributed by atoms with E-state index >= 15 is 0 Å². The predicted molar refractivity (Wildman–Crippen MR) is 125 cm³/mol. The number of carboxylic acids is 1. The van der Waals surface area contributed by atoms with Crippen molar-refractivity contribution in [3.63, 3.8) is 0 Å². The molecule has 0 atom stereocenters. The smallest absolute Gasteiger partial charge is 0.416 e. The molecule has 174 valence electrons. The number of nitrogens with zero attached hydrogens (tertiary/aromatic N) is 1. The molecule has 0 unspecified atom stereocenters. The number of carbonyl (C=O) groups excluding carboxylic acids is 1. The third-order valence-corrected chi connectivity index (χ3v) is 6.14. The van der Waals surface area contributed by atoms with Gasteiger partial charge in [0.25, 0.3) is 5.91 Å². The Labute approximate surface area is 200 Å². The Hall–Kier alpha value is -3.57. The molecule has 1 saturated heterocycles. The van der Waals surface area contributed by atoms with Gasteiger partial charge in [-0.2, -0.15) is 13.2 Å². The van der Waals surface area contributed by atoms with Gasteiger partial charge in [0.05, 0.1) is 28.8 Å². The number of aromatic carboxylic acids is 1. The number of benzene rings is 2. The topological polar surface area (TPSA) is 80.0 Å². The van der Waals surface area contributed by atoms with Crippen molar-refractivity contribution in [2.75, 3.05) is 12.0 Å². The second-order valence-corrected chi connectivity index (χ2v) is 8.63. The van der Waals surface area contributed by atoms with Crippen molar-refractivity contribution in [1.82, 2.24) is 0 Å². The maximum absolute atomic E-state index is 13.1. The summed E-state index contributed by atoms with van der Waals surface area (Å²) in [4.78, 5) is 25.6. The van der Waals surface area contributed by atoms with Crippen LogP contribution in [0.15, 0.2) is 63.9 Å². The highest BCUT2D eigenvalue weighted by molar-refractivity contribution is 8.27. The number of hydrogen-bond donors (Lipinski definition) is 1. The van der Waals surface area contributed by atoms with Crippen LogP contribution in [0.1, 0.15) is 21.7 Å². The highest BCUT2D eigenvalue weighted by Gasteiger charge is 2.36. The van der Waals surface area contributed by atoms with E-state index in [4.69, 9.17) is 21.4 Å². The van der Waals surface area contributed by atoms with Crippen molar-refractivity contribution in [1.29, 1.82) is 0 Å². The molecule has 1 aliphatic heterocycles. The normalized spacial score (nSPS) is 15.3. The summed E-state index contributed by atoms with van der Waals surface area (Å²) in [7, 11) is 1.34. The van der Waals surface area contributed by atoms with Crippen LogP contribution in [0.25, 0.3) is 17.4 Å². The number of methoxy groups -OCH3 is 1. The third-order valence-electron chi connectivity index (χ3n) is 4.84. The van der Waals surface area contributed by atoms with Gasteiger partial charge < -0.3 is 14.3 Å². The minimum atomic E-state index is -4.56. The summed E-state index contributed by atoms with van der Waals surface area (Å²) in [6, 6.07) is 12.1. The Morgan fingerprint density at radius 1 is 1.18 bits per heavy atom. The van der Waals surface area contributed by atoms with E-state index in [0.717, 1.165) is 28.8 Å². The molecule has 0 radical (unpaired) electrons. The van der Waals surface area contributed by atoms with E-state index in [9.17, 15) is 27.9 Å². The summed E-state index contributed by atoms with van der Waals surface area (Å²) < 4.78 is 50.3. The molecular weight excluding hydrogens is 491 g/mol. The third kappa shape index (κ3) is 4.44. The van der Waals surface area contributed by atoms with Gasteiger partial charge in [-0.05, 0) is 42.5 Å². The largest absolute Gasteiger partial charge is 0.495 e. The van der Waals surface area contributed by atoms with Gasteiger partial charge in [0, 0.05) is 6.08 Å². The molecule has 4 rings (SSSR count). The lowest BCUT2D eigenvalue weighted by atomic mass is 10.1. The molecule has 1 aliphatic rings. The SMILES string of the molecule is COc1c(C(=O)O)cccc1-c1ccc(/C=C2\SC(=S)N(c3cccc(C(F)(F)F)c3)C2=O)o1. The van der Waals surface area contributed by atoms with Crippen LogP contribution in [0.3, 0.4) is 0 Å². The second-order valence-electron chi connectivity index (χ2n) is 6.96. The lowest BCUT2D eigenvalue weighted by Crippen LogP contribution is -2.27. The lowest BCUT2D eigenvalue weighted by Gasteiger charge is -2.16. The molecule has 11 heteroatoms. The summed E-state index contributed by atoms with van der Waals surface area (Å²) in [6.45, 7) is 0. The van der Waals surface area contributed by atoms with Gasteiger partial charge in [-0.3, -0.25) is 9.69 Å². The minimum Gasteiger partial charge on any atom is -0.495 e. The minimum absolute atomic E-state index is 0.0103. The molecule has 0 saturated carbocycles. The van der Waals surface area contributed by atoms with E-state index in [1.54, 1.807) is 24.3 Å². The van der Waals surface area contributed by atoms with E-state index in [0.29, 0.717) is 11.3 Å². The van der Waals surface area contributed by atoms with Gasteiger partial charge in [0.1, 0.15) is 22.8 Å². The summed E-state index contributed by atoms with van der Waals surface area (Å²) in [5.41, 5.74) is -0.522. The summed E-state index contributed by atoms with van der Waals surface area (Å²) in [5, 5.41) is 9.36. The van der Waals surface area contributed by atoms with Crippen LogP contribution >= 0.6 is 24.0 Å². The number of anilines is 1. The van der Waals surface area contributed by atoms with E-state index in [1.807, 2.05) is 0 Å². The Balaban J connectivity index is 1.64. The number of ether oxygens (including phenoxy) is 1. The first-order valence-electron chi connectivity index (χ1n) is 9.56. The van der Waals surface area contributed by atoms with Gasteiger partial charge in [0.2, 0.25) is 0 Å². The molecule has 6 nitrogen and oxygen atoms in total. The summed E-state index contributed by atoms with van der Waals surface area (Å²) in [6.07, 6.45) is -3.14. The number of carboxylic acid groups (broad SMARTS) is 1. The van der Waals surface area contributed by atoms with Gasteiger partial charge in [0.15, 0.2) is 4.32 Å². The number of rotatable bonds is 5. The van der Waals surface area contributed by atoms with Crippen LogP contribution < -0.4 is 9.64 Å². The zero-order valence-electron chi connectivity index (χ0n) is 17.3. The van der Waals surface area contributed by atoms with Gasteiger partial charge in [-0.1, -0.05) is 36.1 Å². The van der Waals surface area contributed by atoms with Crippen molar-refractivity contribution >= 4 is 51.9 Å². The second kappa shape index (κ2) is 8.99. The maximum atomic E-state index is 13.1. The van der Waals surface area contributed by atoms with Gasteiger partial charge in [-0.25, -0.2) is 4.79 Å². The van der Waals surface area contributed by atoms with Crippen LogP contribution in [0.5, 0.6) is 5.75 Å². The first kappa shape index (κ1) is 23.6. The first-order valence-corrected chi connectivity index (χ1v) is 10.8. The Bertz CT molecular complexity index is 1350. The molecule has 1 N–H and O–H groups in total. The highest BCUT2D eigenvalue weighted by Crippen LogP contribution is 2.39. The molecule has 0 spiro atoms. The standard InChI is InChI=1S/C23H14F3NO5S2/c1-31-19-15(6-3-7-16(19)21(29)30)17-9-8-14(32-17)11-18-20(28)27(22(33)34-18)13-5-2-4-12(10-13)23(24,25)26/h2-11H,1H3,(H,29,30)/b18-11-. The van der Waals surface area contributed by atoms with Crippen molar-refractivity contribution in [2.45, 2.75) is 6.18 Å². The molecular formula is C23H14F3NO5S2. The lowest BCUT2D eigenvalue weighted by molar-refractivity contribution is -0.137. The van der Waals surface area contributed by atoms with Crippen molar-refractivity contribution in [3.05, 3.63) is 76.4 Å². The van der Waals surface area contributed by atoms with Crippen LogP contribution in [0.2, 0.25) is 0 Å². The number of alkyl halides is 3. The van der Waals surface area contributed by atoms with Crippen molar-refractivity contribution in [3.8, 4) is 17.1 Å². The fraction of sp³-hybridized carbons (Fsp3) is 0.0870.